The van der Waals surface area contributed by atoms with Crippen molar-refractivity contribution in [1.29, 1.82) is 0 Å². The maximum atomic E-state index is 12.5. The summed E-state index contributed by atoms with van der Waals surface area (Å²) in [6.07, 6.45) is 0.877. The molecule has 2 atom stereocenters. The summed E-state index contributed by atoms with van der Waals surface area (Å²) in [4.78, 5) is 21.9. The van der Waals surface area contributed by atoms with Crippen LogP contribution in [0.3, 0.4) is 0 Å². The minimum atomic E-state index is -0.433. The molecule has 1 aromatic carbocycles. The maximum Gasteiger partial charge on any atom is 0.410 e. The van der Waals surface area contributed by atoms with Gasteiger partial charge in [-0.2, -0.15) is 0 Å². The molecule has 1 N–H and O–H groups in total. The van der Waals surface area contributed by atoms with Crippen LogP contribution in [0.2, 0.25) is 0 Å². The number of thiophene rings is 1. The van der Waals surface area contributed by atoms with Gasteiger partial charge in [0.15, 0.2) is 0 Å². The van der Waals surface area contributed by atoms with Crippen molar-refractivity contribution in [2.75, 3.05) is 32.7 Å². The van der Waals surface area contributed by atoms with Crippen LogP contribution in [-0.4, -0.2) is 59.2 Å². The zero-order chi connectivity index (χ0) is 23.3. The Hall–Kier alpha value is -2.31. The van der Waals surface area contributed by atoms with Gasteiger partial charge in [0.2, 0.25) is 0 Å². The molecule has 2 fully saturated rings. The van der Waals surface area contributed by atoms with E-state index in [2.05, 4.69) is 53.4 Å². The highest BCUT2D eigenvalue weighted by Gasteiger charge is 2.42. The minimum absolute atomic E-state index is 0.159. The average Bonchev–Trinajstić information content (AvgIpc) is 3.44. The number of H-pyrrole nitrogens is 1. The lowest BCUT2D eigenvalue weighted by Gasteiger charge is -2.26. The number of fused-ring (bicyclic) bond motifs is 2. The number of nitrogens with one attached hydrogen (secondary N) is 1. The number of benzene rings is 1. The lowest BCUT2D eigenvalue weighted by atomic mass is 10.00. The second-order valence-electron chi connectivity index (χ2n) is 10.9. The van der Waals surface area contributed by atoms with E-state index in [9.17, 15) is 4.79 Å². The van der Waals surface area contributed by atoms with Crippen molar-refractivity contribution < 1.29 is 9.53 Å². The summed E-state index contributed by atoms with van der Waals surface area (Å²) in [5.74, 6) is 1.12. The van der Waals surface area contributed by atoms with Crippen LogP contribution in [0, 0.1) is 25.7 Å². The van der Waals surface area contributed by atoms with Crippen molar-refractivity contribution in [3.63, 3.8) is 0 Å². The first kappa shape index (κ1) is 22.5. The predicted octanol–water partition coefficient (Wildman–Crippen LogP) is 5.85. The monoisotopic (exact) mass is 465 g/mol. The standard InChI is InChI=1S/C27H35N3O2S/c1-17-10-18(2)12-19(11-17)24-22(23-7-9-33-25(23)28-24)6-8-29-13-20-15-30(16-21(20)14-29)26(31)32-27(3,4)5/h7,9-12,20-21,28H,6,8,13-16H2,1-5H3. The van der Waals surface area contributed by atoms with Crippen LogP contribution in [0.4, 0.5) is 4.79 Å². The van der Waals surface area contributed by atoms with Crippen molar-refractivity contribution >= 4 is 27.6 Å². The Morgan fingerprint density at radius 1 is 1.09 bits per heavy atom. The molecule has 4 heterocycles. The van der Waals surface area contributed by atoms with Gasteiger partial charge in [-0.3, -0.25) is 0 Å². The van der Waals surface area contributed by atoms with Crippen molar-refractivity contribution in [3.05, 3.63) is 46.3 Å². The highest BCUT2D eigenvalue weighted by Crippen LogP contribution is 2.36. The van der Waals surface area contributed by atoms with E-state index in [1.54, 1.807) is 11.3 Å². The van der Waals surface area contributed by atoms with E-state index < -0.39 is 5.60 Å². The van der Waals surface area contributed by atoms with E-state index >= 15 is 0 Å². The van der Waals surface area contributed by atoms with E-state index in [1.807, 2.05) is 25.7 Å². The molecule has 3 aromatic rings. The Morgan fingerprint density at radius 2 is 1.76 bits per heavy atom. The number of hydrogen-bond donors (Lipinski definition) is 1. The Kier molecular flexibility index (Phi) is 5.78. The second kappa shape index (κ2) is 8.48. The van der Waals surface area contributed by atoms with E-state index in [1.165, 1.54) is 38.2 Å². The van der Waals surface area contributed by atoms with Gasteiger partial charge in [-0.05, 0) is 87.6 Å². The number of hydrogen-bond acceptors (Lipinski definition) is 4. The summed E-state index contributed by atoms with van der Waals surface area (Å²) in [5.41, 5.74) is 6.17. The maximum absolute atomic E-state index is 12.5. The molecule has 1 amide bonds. The molecule has 2 aromatic heterocycles. The zero-order valence-corrected chi connectivity index (χ0v) is 21.2. The van der Waals surface area contributed by atoms with Gasteiger partial charge in [-0.25, -0.2) is 4.79 Å². The first-order chi connectivity index (χ1) is 15.7. The Balaban J connectivity index is 1.26. The molecule has 2 unspecified atom stereocenters. The number of likely N-dealkylation sites (tertiary alicyclic amines) is 2. The number of rotatable bonds is 4. The predicted molar refractivity (Wildman–Crippen MR) is 136 cm³/mol. The van der Waals surface area contributed by atoms with Gasteiger partial charge in [0.25, 0.3) is 0 Å². The van der Waals surface area contributed by atoms with Crippen LogP contribution >= 0.6 is 11.3 Å². The summed E-state index contributed by atoms with van der Waals surface area (Å²) in [7, 11) is 0. The van der Waals surface area contributed by atoms with Gasteiger partial charge in [-0.15, -0.1) is 11.3 Å². The van der Waals surface area contributed by atoms with E-state index in [0.717, 1.165) is 39.1 Å². The molecule has 6 heteroatoms. The molecule has 33 heavy (non-hydrogen) atoms. The summed E-state index contributed by atoms with van der Waals surface area (Å²) < 4.78 is 5.59. The van der Waals surface area contributed by atoms with Crippen molar-refractivity contribution in [3.8, 4) is 11.3 Å². The minimum Gasteiger partial charge on any atom is -0.444 e. The van der Waals surface area contributed by atoms with Crippen molar-refractivity contribution in [2.24, 2.45) is 11.8 Å². The molecule has 5 rings (SSSR count). The highest BCUT2D eigenvalue weighted by atomic mass is 32.1. The molecule has 0 spiro atoms. The zero-order valence-electron chi connectivity index (χ0n) is 20.4. The third kappa shape index (κ3) is 4.69. The van der Waals surface area contributed by atoms with Crippen molar-refractivity contribution in [1.82, 2.24) is 14.8 Å². The molecule has 2 aliphatic heterocycles. The average molecular weight is 466 g/mol. The first-order valence-electron chi connectivity index (χ1n) is 12.0. The Labute approximate surface area is 200 Å². The van der Waals surface area contributed by atoms with Crippen LogP contribution in [0.1, 0.15) is 37.5 Å². The van der Waals surface area contributed by atoms with Crippen LogP contribution < -0.4 is 0 Å². The number of aromatic amines is 1. The highest BCUT2D eigenvalue weighted by molar-refractivity contribution is 7.16. The summed E-state index contributed by atoms with van der Waals surface area (Å²) in [6, 6.07) is 9.07. The van der Waals surface area contributed by atoms with Gasteiger partial charge >= 0.3 is 6.09 Å². The van der Waals surface area contributed by atoms with E-state index in [4.69, 9.17) is 4.74 Å². The Bertz CT molecular complexity index is 1140. The number of carbonyl (C=O) groups excluding carboxylic acids is 1. The van der Waals surface area contributed by atoms with Gasteiger partial charge < -0.3 is 19.5 Å². The summed E-state index contributed by atoms with van der Waals surface area (Å²) in [6.45, 7) is 15.0. The normalized spacial score (nSPS) is 21.2. The molecule has 2 aliphatic rings. The van der Waals surface area contributed by atoms with Crippen LogP contribution in [-0.2, 0) is 11.2 Å². The third-order valence-corrected chi connectivity index (χ3v) is 7.76. The third-order valence-electron chi connectivity index (χ3n) is 6.93. The molecule has 0 bridgehead atoms. The molecule has 0 aliphatic carbocycles. The number of carbonyl (C=O) groups is 1. The summed E-state index contributed by atoms with van der Waals surface area (Å²) >= 11 is 1.79. The fourth-order valence-corrected chi connectivity index (χ4v) is 6.43. The lowest BCUT2D eigenvalue weighted by molar-refractivity contribution is 0.0274. The molecule has 0 saturated carbocycles. The first-order valence-corrected chi connectivity index (χ1v) is 12.9. The fraction of sp³-hybridized carbons (Fsp3) is 0.519. The number of ether oxygens (including phenoxy) is 1. The van der Waals surface area contributed by atoms with Gasteiger partial charge in [0, 0.05) is 38.1 Å². The molecule has 176 valence electrons. The second-order valence-corrected chi connectivity index (χ2v) is 11.8. The van der Waals surface area contributed by atoms with Gasteiger partial charge in [0.1, 0.15) is 10.4 Å². The molecule has 5 nitrogen and oxygen atoms in total. The SMILES string of the molecule is Cc1cc(C)cc(-c2[nH]c3sccc3c2CCN2CC3CN(C(=O)OC(C)(C)C)CC3C2)c1. The molecule has 0 radical (unpaired) electrons. The van der Waals surface area contributed by atoms with Crippen molar-refractivity contribution in [2.45, 2.75) is 46.6 Å². The van der Waals surface area contributed by atoms with Gasteiger partial charge in [0.05, 0.1) is 5.69 Å². The molecular formula is C27H35N3O2S. The summed E-state index contributed by atoms with van der Waals surface area (Å²) in [5, 5.41) is 3.55. The molecule has 2 saturated heterocycles. The smallest absolute Gasteiger partial charge is 0.410 e. The largest absolute Gasteiger partial charge is 0.444 e. The quantitative estimate of drug-likeness (QED) is 0.525. The Morgan fingerprint density at radius 3 is 2.39 bits per heavy atom. The lowest BCUT2D eigenvalue weighted by Crippen LogP contribution is -2.37. The number of amides is 1. The number of aryl methyl sites for hydroxylation is 2. The van der Waals surface area contributed by atoms with Crippen LogP contribution in [0.25, 0.3) is 21.5 Å². The fourth-order valence-electron chi connectivity index (χ4n) is 5.61. The van der Waals surface area contributed by atoms with E-state index in [0.29, 0.717) is 11.8 Å². The van der Waals surface area contributed by atoms with Gasteiger partial charge in [-0.1, -0.05) is 17.2 Å². The van der Waals surface area contributed by atoms with E-state index in [-0.39, 0.29) is 6.09 Å². The van der Waals surface area contributed by atoms with Crippen LogP contribution in [0.15, 0.2) is 29.6 Å². The number of nitrogens with zero attached hydrogens (tertiary/aromatic N) is 2. The molecular weight excluding hydrogens is 430 g/mol. The number of aromatic nitrogens is 1. The van der Waals surface area contributed by atoms with Crippen LogP contribution in [0.5, 0.6) is 0 Å². The topological polar surface area (TPSA) is 48.6 Å².